The molecule has 0 aliphatic carbocycles. The monoisotopic (exact) mass is 207 g/mol. The minimum atomic E-state index is 0.439. The van der Waals surface area contributed by atoms with E-state index in [1.807, 2.05) is 13.8 Å². The lowest BCUT2D eigenvalue weighted by atomic mass is 10.4. The van der Waals surface area contributed by atoms with Crippen molar-refractivity contribution in [3.05, 3.63) is 11.4 Å². The van der Waals surface area contributed by atoms with Crippen molar-refractivity contribution in [3.8, 4) is 0 Å². The lowest BCUT2D eigenvalue weighted by Crippen LogP contribution is -2.38. The fourth-order valence-electron chi connectivity index (χ4n) is 1.11. The second-order valence-corrected chi connectivity index (χ2v) is 3.21. The van der Waals surface area contributed by atoms with Gasteiger partial charge in [-0.05, 0) is 13.8 Å². The van der Waals surface area contributed by atoms with Gasteiger partial charge in [0.05, 0.1) is 17.9 Å². The van der Waals surface area contributed by atoms with E-state index >= 15 is 0 Å². The van der Waals surface area contributed by atoms with E-state index in [4.69, 9.17) is 0 Å². The van der Waals surface area contributed by atoms with Crippen LogP contribution in [0.3, 0.4) is 0 Å². The maximum absolute atomic E-state index is 4.20. The van der Waals surface area contributed by atoms with E-state index in [0.29, 0.717) is 11.9 Å². The molecular formula is C8H13N7. The predicted molar refractivity (Wildman–Crippen MR) is 56.4 cm³/mol. The molecule has 7 heteroatoms. The zero-order chi connectivity index (χ0) is 10.7. The molecule has 3 N–H and O–H groups in total. The first-order valence-electron chi connectivity index (χ1n) is 4.74. The molecule has 0 unspecified atom stereocenters. The molecule has 1 aliphatic heterocycles. The standard InChI is InChI=1S/C8H13N7/c1-5-6(2)12-14-8(11-5)15-13-7-9-3-4-10-7/h3-4H2,1-2H3,(H2,9,10,13)(H,11,14,15). The third-order valence-corrected chi connectivity index (χ3v) is 2.06. The highest BCUT2D eigenvalue weighted by molar-refractivity contribution is 5.82. The van der Waals surface area contributed by atoms with Gasteiger partial charge in [-0.3, -0.25) is 15.8 Å². The Bertz CT molecular complexity index is 387. The maximum Gasteiger partial charge on any atom is 0.261 e. The van der Waals surface area contributed by atoms with Crippen LogP contribution in [0, 0.1) is 13.8 Å². The van der Waals surface area contributed by atoms with Crippen molar-refractivity contribution in [2.45, 2.75) is 13.8 Å². The van der Waals surface area contributed by atoms with E-state index in [9.17, 15) is 0 Å². The molecule has 0 saturated carbocycles. The van der Waals surface area contributed by atoms with E-state index in [1.165, 1.54) is 0 Å². The molecular weight excluding hydrogens is 194 g/mol. The van der Waals surface area contributed by atoms with Crippen molar-refractivity contribution in [2.75, 3.05) is 18.5 Å². The molecule has 80 valence electrons. The summed E-state index contributed by atoms with van der Waals surface area (Å²) in [5.41, 5.74) is 7.38. The highest BCUT2D eigenvalue weighted by Gasteiger charge is 2.05. The molecule has 0 bridgehead atoms. The van der Waals surface area contributed by atoms with E-state index in [0.717, 1.165) is 24.5 Å². The first-order valence-corrected chi connectivity index (χ1v) is 4.74. The summed E-state index contributed by atoms with van der Waals surface area (Å²) in [5, 5.41) is 10.9. The van der Waals surface area contributed by atoms with Gasteiger partial charge in [0.15, 0.2) is 0 Å². The van der Waals surface area contributed by atoms with Gasteiger partial charge in [-0.1, -0.05) is 0 Å². The summed E-state index contributed by atoms with van der Waals surface area (Å²) < 4.78 is 0. The molecule has 15 heavy (non-hydrogen) atoms. The largest absolute Gasteiger partial charge is 0.353 e. The molecule has 1 aromatic rings. The van der Waals surface area contributed by atoms with Crippen molar-refractivity contribution in [1.29, 1.82) is 0 Å². The number of aromatic nitrogens is 3. The Morgan fingerprint density at radius 2 is 2.00 bits per heavy atom. The molecule has 0 fully saturated rings. The van der Waals surface area contributed by atoms with Gasteiger partial charge >= 0.3 is 0 Å². The average Bonchev–Trinajstić information content (AvgIpc) is 2.73. The number of hydrazine groups is 1. The van der Waals surface area contributed by atoms with Crippen molar-refractivity contribution >= 4 is 11.9 Å². The van der Waals surface area contributed by atoms with Gasteiger partial charge in [0.1, 0.15) is 0 Å². The van der Waals surface area contributed by atoms with Gasteiger partial charge in [-0.15, -0.1) is 5.10 Å². The van der Waals surface area contributed by atoms with Crippen LogP contribution in [-0.4, -0.2) is 34.2 Å². The Morgan fingerprint density at radius 1 is 1.13 bits per heavy atom. The van der Waals surface area contributed by atoms with Crippen molar-refractivity contribution in [1.82, 2.24) is 25.9 Å². The lowest BCUT2D eigenvalue weighted by molar-refractivity contribution is 0.869. The Labute approximate surface area is 87.4 Å². The highest BCUT2D eigenvalue weighted by atomic mass is 15.5. The van der Waals surface area contributed by atoms with Gasteiger partial charge < -0.3 is 5.32 Å². The summed E-state index contributed by atoms with van der Waals surface area (Å²) in [5.74, 6) is 1.14. The van der Waals surface area contributed by atoms with Crippen LogP contribution < -0.4 is 16.2 Å². The summed E-state index contributed by atoms with van der Waals surface area (Å²) in [7, 11) is 0. The van der Waals surface area contributed by atoms with Crippen molar-refractivity contribution in [2.24, 2.45) is 4.99 Å². The smallest absolute Gasteiger partial charge is 0.261 e. The maximum atomic E-state index is 4.20. The Morgan fingerprint density at radius 3 is 2.67 bits per heavy atom. The van der Waals surface area contributed by atoms with Crippen molar-refractivity contribution < 1.29 is 0 Å². The number of nitrogens with one attached hydrogen (secondary N) is 3. The van der Waals surface area contributed by atoms with Crippen LogP contribution in [0.4, 0.5) is 5.95 Å². The number of aryl methyl sites for hydroxylation is 2. The molecule has 0 aromatic carbocycles. The summed E-state index contributed by atoms with van der Waals surface area (Å²) >= 11 is 0. The summed E-state index contributed by atoms with van der Waals surface area (Å²) in [6.45, 7) is 5.40. The van der Waals surface area contributed by atoms with Crippen LogP contribution in [0.25, 0.3) is 0 Å². The third kappa shape index (κ3) is 2.30. The van der Waals surface area contributed by atoms with Gasteiger partial charge in [0.2, 0.25) is 5.96 Å². The summed E-state index contributed by atoms with van der Waals surface area (Å²) in [4.78, 5) is 8.35. The van der Waals surface area contributed by atoms with E-state index in [1.54, 1.807) is 0 Å². The van der Waals surface area contributed by atoms with Gasteiger partial charge in [0, 0.05) is 6.54 Å². The normalized spacial score (nSPS) is 14.4. The van der Waals surface area contributed by atoms with Crippen LogP contribution in [-0.2, 0) is 0 Å². The topological polar surface area (TPSA) is 87.1 Å². The molecule has 1 aromatic heterocycles. The van der Waals surface area contributed by atoms with E-state index < -0.39 is 0 Å². The molecule has 0 atom stereocenters. The summed E-state index contributed by atoms with van der Waals surface area (Å²) in [6.07, 6.45) is 0. The number of guanidine groups is 1. The fraction of sp³-hybridized carbons (Fsp3) is 0.500. The van der Waals surface area contributed by atoms with Crippen LogP contribution in [0.2, 0.25) is 0 Å². The summed E-state index contributed by atoms with van der Waals surface area (Å²) in [6, 6.07) is 0. The van der Waals surface area contributed by atoms with Crippen LogP contribution >= 0.6 is 0 Å². The number of anilines is 1. The Hall–Kier alpha value is -1.92. The number of hydrogen-bond donors (Lipinski definition) is 3. The van der Waals surface area contributed by atoms with Crippen LogP contribution in [0.15, 0.2) is 4.99 Å². The minimum Gasteiger partial charge on any atom is -0.353 e. The fourth-order valence-corrected chi connectivity index (χ4v) is 1.11. The quantitative estimate of drug-likeness (QED) is 0.559. The molecule has 0 radical (unpaired) electrons. The molecule has 0 spiro atoms. The second kappa shape index (κ2) is 4.07. The molecule has 2 heterocycles. The highest BCUT2D eigenvalue weighted by Crippen LogP contribution is 2.00. The molecule has 7 nitrogen and oxygen atoms in total. The third-order valence-electron chi connectivity index (χ3n) is 2.06. The lowest BCUT2D eigenvalue weighted by Gasteiger charge is -2.08. The number of aliphatic imine (C=N–C) groups is 1. The number of rotatable bonds is 2. The van der Waals surface area contributed by atoms with Gasteiger partial charge in [0.25, 0.3) is 5.95 Å². The number of hydrogen-bond acceptors (Lipinski definition) is 7. The first kappa shape index (κ1) is 9.63. The minimum absolute atomic E-state index is 0.439. The average molecular weight is 207 g/mol. The van der Waals surface area contributed by atoms with Crippen molar-refractivity contribution in [3.63, 3.8) is 0 Å². The first-order chi connectivity index (χ1) is 7.25. The zero-order valence-electron chi connectivity index (χ0n) is 8.70. The molecule has 0 saturated heterocycles. The second-order valence-electron chi connectivity index (χ2n) is 3.21. The van der Waals surface area contributed by atoms with Gasteiger partial charge in [-0.2, -0.15) is 5.10 Å². The van der Waals surface area contributed by atoms with Gasteiger partial charge in [-0.25, -0.2) is 4.98 Å². The van der Waals surface area contributed by atoms with E-state index in [-0.39, 0.29) is 0 Å². The molecule has 1 aliphatic rings. The molecule has 2 rings (SSSR count). The Kier molecular flexibility index (Phi) is 2.61. The Balaban J connectivity index is 1.96. The van der Waals surface area contributed by atoms with E-state index in [2.05, 4.69) is 36.3 Å². The van der Waals surface area contributed by atoms with Crippen LogP contribution in [0.5, 0.6) is 0 Å². The van der Waals surface area contributed by atoms with Crippen LogP contribution in [0.1, 0.15) is 11.4 Å². The molecule has 0 amide bonds. The SMILES string of the molecule is Cc1nnc(NNC2=NCCN2)nc1C. The number of nitrogens with zero attached hydrogens (tertiary/aromatic N) is 4. The zero-order valence-corrected chi connectivity index (χ0v) is 8.70. The predicted octanol–water partition coefficient (Wildman–Crippen LogP) is -0.636.